The standard InChI is InChI=1S/C20H29N5O2S/c1-4-7-13-25-17(21)16(18(26)23-19(25)27)24(12-5-2)20(28)22-15-10-8-14(6-3)9-11-15/h8-11H,4-7,12-13,21H2,1-3H3,(H,22,28)(H,23,26,27). The summed E-state index contributed by atoms with van der Waals surface area (Å²) in [5, 5.41) is 3.53. The Bertz CT molecular complexity index is 918. The predicted octanol–water partition coefficient (Wildman–Crippen LogP) is 3.09. The zero-order valence-corrected chi connectivity index (χ0v) is 17.6. The molecule has 0 saturated carbocycles. The first kappa shape index (κ1) is 21.7. The number of unbranched alkanes of at least 4 members (excludes halogenated alkanes) is 1. The molecule has 8 heteroatoms. The van der Waals surface area contributed by atoms with Crippen molar-refractivity contribution in [1.82, 2.24) is 9.55 Å². The van der Waals surface area contributed by atoms with Gasteiger partial charge in [0.1, 0.15) is 5.82 Å². The second-order valence-electron chi connectivity index (χ2n) is 6.63. The molecule has 152 valence electrons. The van der Waals surface area contributed by atoms with Crippen LogP contribution >= 0.6 is 12.2 Å². The molecular formula is C20H29N5O2S. The topological polar surface area (TPSA) is 96.2 Å². The number of nitrogens with one attached hydrogen (secondary N) is 2. The molecule has 2 rings (SSSR count). The van der Waals surface area contributed by atoms with Crippen molar-refractivity contribution in [3.63, 3.8) is 0 Å². The van der Waals surface area contributed by atoms with Crippen LogP contribution < -0.4 is 27.2 Å². The zero-order valence-electron chi connectivity index (χ0n) is 16.7. The maximum absolute atomic E-state index is 12.6. The Balaban J connectivity index is 2.40. The maximum Gasteiger partial charge on any atom is 0.330 e. The number of aromatic nitrogens is 2. The average molecular weight is 404 g/mol. The van der Waals surface area contributed by atoms with Gasteiger partial charge in [0.15, 0.2) is 10.8 Å². The number of H-pyrrole nitrogens is 1. The number of aryl methyl sites for hydroxylation is 1. The highest BCUT2D eigenvalue weighted by molar-refractivity contribution is 7.80. The average Bonchev–Trinajstić information content (AvgIpc) is 2.67. The molecule has 4 N–H and O–H groups in total. The van der Waals surface area contributed by atoms with E-state index < -0.39 is 11.2 Å². The number of hydrogen-bond acceptors (Lipinski definition) is 4. The van der Waals surface area contributed by atoms with Gasteiger partial charge in [-0.05, 0) is 49.2 Å². The van der Waals surface area contributed by atoms with Crippen LogP contribution in [0.2, 0.25) is 0 Å². The first-order valence-corrected chi connectivity index (χ1v) is 10.1. The Morgan fingerprint density at radius 1 is 1.18 bits per heavy atom. The van der Waals surface area contributed by atoms with Crippen LogP contribution in [0.1, 0.15) is 45.6 Å². The second kappa shape index (κ2) is 10.1. The van der Waals surface area contributed by atoms with Crippen LogP contribution in [0.4, 0.5) is 17.2 Å². The van der Waals surface area contributed by atoms with E-state index in [1.165, 1.54) is 10.1 Å². The molecule has 0 spiro atoms. The van der Waals surface area contributed by atoms with Crippen molar-refractivity contribution in [2.75, 3.05) is 22.5 Å². The first-order chi connectivity index (χ1) is 13.4. The van der Waals surface area contributed by atoms with Crippen LogP contribution in [0.3, 0.4) is 0 Å². The zero-order chi connectivity index (χ0) is 20.7. The highest BCUT2D eigenvalue weighted by Crippen LogP contribution is 2.20. The number of benzene rings is 1. The van der Waals surface area contributed by atoms with Crippen LogP contribution in [-0.4, -0.2) is 21.2 Å². The predicted molar refractivity (Wildman–Crippen MR) is 120 cm³/mol. The first-order valence-electron chi connectivity index (χ1n) is 9.72. The minimum absolute atomic E-state index is 0.140. The molecule has 1 heterocycles. The summed E-state index contributed by atoms with van der Waals surface area (Å²) in [6.07, 6.45) is 3.41. The Hall–Kier alpha value is -2.61. The minimum Gasteiger partial charge on any atom is -0.383 e. The fraction of sp³-hybridized carbons (Fsp3) is 0.450. The lowest BCUT2D eigenvalue weighted by molar-refractivity contribution is 0.604. The molecular weight excluding hydrogens is 374 g/mol. The van der Waals surface area contributed by atoms with E-state index in [9.17, 15) is 9.59 Å². The van der Waals surface area contributed by atoms with Gasteiger partial charge in [0.2, 0.25) is 0 Å². The fourth-order valence-corrected chi connectivity index (χ4v) is 3.23. The summed E-state index contributed by atoms with van der Waals surface area (Å²) in [5.74, 6) is 0.140. The Morgan fingerprint density at radius 2 is 1.86 bits per heavy atom. The highest BCUT2D eigenvalue weighted by atomic mass is 32.1. The van der Waals surface area contributed by atoms with Crippen LogP contribution in [0.25, 0.3) is 0 Å². The van der Waals surface area contributed by atoms with E-state index in [-0.39, 0.29) is 11.5 Å². The molecule has 2 aromatic rings. The summed E-state index contributed by atoms with van der Waals surface area (Å²) in [4.78, 5) is 28.8. The van der Waals surface area contributed by atoms with E-state index in [4.69, 9.17) is 18.0 Å². The van der Waals surface area contributed by atoms with E-state index in [2.05, 4.69) is 17.2 Å². The molecule has 0 bridgehead atoms. The van der Waals surface area contributed by atoms with Crippen molar-refractivity contribution in [2.45, 2.75) is 53.0 Å². The summed E-state index contributed by atoms with van der Waals surface area (Å²) in [6, 6.07) is 7.96. The number of nitrogens with two attached hydrogens (primary N) is 1. The summed E-state index contributed by atoms with van der Waals surface area (Å²) in [7, 11) is 0. The fourth-order valence-electron chi connectivity index (χ4n) is 2.93. The van der Waals surface area contributed by atoms with Crippen LogP contribution in [0.5, 0.6) is 0 Å². The molecule has 1 aromatic heterocycles. The van der Waals surface area contributed by atoms with Crippen molar-refractivity contribution in [1.29, 1.82) is 0 Å². The van der Waals surface area contributed by atoms with Gasteiger partial charge in [0.05, 0.1) is 0 Å². The molecule has 0 atom stereocenters. The third kappa shape index (κ3) is 5.01. The number of thiocarbonyl (C=S) groups is 1. The molecule has 1 aromatic carbocycles. The summed E-state index contributed by atoms with van der Waals surface area (Å²) in [5.41, 5.74) is 7.48. The Kier molecular flexibility index (Phi) is 7.80. The van der Waals surface area contributed by atoms with E-state index >= 15 is 0 Å². The van der Waals surface area contributed by atoms with E-state index in [1.54, 1.807) is 4.90 Å². The van der Waals surface area contributed by atoms with Gasteiger partial charge in [0, 0.05) is 18.8 Å². The van der Waals surface area contributed by atoms with Gasteiger partial charge >= 0.3 is 5.69 Å². The number of nitrogen functional groups attached to an aromatic ring is 1. The van der Waals surface area contributed by atoms with Crippen molar-refractivity contribution in [2.24, 2.45) is 0 Å². The minimum atomic E-state index is -0.533. The molecule has 7 nitrogen and oxygen atoms in total. The molecule has 0 aliphatic heterocycles. The lowest BCUT2D eigenvalue weighted by Gasteiger charge is -2.26. The SMILES string of the molecule is CCCCn1c(N)c(N(CCC)C(=S)Nc2ccc(CC)cc2)c(=O)[nH]c1=O. The van der Waals surface area contributed by atoms with Crippen molar-refractivity contribution in [3.05, 3.63) is 50.7 Å². The number of nitrogens with zero attached hydrogens (tertiary/aromatic N) is 2. The third-order valence-electron chi connectivity index (χ3n) is 4.53. The monoisotopic (exact) mass is 403 g/mol. The van der Waals surface area contributed by atoms with E-state index in [0.717, 1.165) is 31.4 Å². The van der Waals surface area contributed by atoms with Gasteiger partial charge in [-0.2, -0.15) is 0 Å². The number of aromatic amines is 1. The van der Waals surface area contributed by atoms with Crippen LogP contribution in [0, 0.1) is 0 Å². The number of hydrogen-bond donors (Lipinski definition) is 3. The van der Waals surface area contributed by atoms with Gasteiger partial charge in [-0.3, -0.25) is 14.3 Å². The Labute approximate surface area is 170 Å². The van der Waals surface area contributed by atoms with Crippen LogP contribution in [-0.2, 0) is 13.0 Å². The van der Waals surface area contributed by atoms with Crippen molar-refractivity contribution in [3.8, 4) is 0 Å². The Morgan fingerprint density at radius 3 is 2.43 bits per heavy atom. The molecule has 0 saturated heterocycles. The van der Waals surface area contributed by atoms with E-state index in [1.807, 2.05) is 38.1 Å². The highest BCUT2D eigenvalue weighted by Gasteiger charge is 2.21. The maximum atomic E-state index is 12.6. The van der Waals surface area contributed by atoms with Gasteiger partial charge in [-0.1, -0.05) is 39.3 Å². The van der Waals surface area contributed by atoms with Crippen LogP contribution in [0.15, 0.2) is 33.9 Å². The summed E-state index contributed by atoms with van der Waals surface area (Å²) < 4.78 is 1.40. The normalized spacial score (nSPS) is 10.7. The molecule has 0 fully saturated rings. The molecule has 0 aliphatic rings. The van der Waals surface area contributed by atoms with E-state index in [0.29, 0.717) is 18.2 Å². The summed E-state index contributed by atoms with van der Waals surface area (Å²) >= 11 is 5.57. The number of anilines is 3. The largest absolute Gasteiger partial charge is 0.383 e. The molecule has 0 amide bonds. The van der Waals surface area contributed by atoms with Gasteiger partial charge in [-0.15, -0.1) is 0 Å². The smallest absolute Gasteiger partial charge is 0.330 e. The van der Waals surface area contributed by atoms with Gasteiger partial charge in [0.25, 0.3) is 5.56 Å². The van der Waals surface area contributed by atoms with Gasteiger partial charge < -0.3 is 16.0 Å². The third-order valence-corrected chi connectivity index (χ3v) is 4.85. The quantitative estimate of drug-likeness (QED) is 0.586. The van der Waals surface area contributed by atoms with Gasteiger partial charge in [-0.25, -0.2) is 4.79 Å². The lowest BCUT2D eigenvalue weighted by atomic mass is 10.1. The molecule has 28 heavy (non-hydrogen) atoms. The van der Waals surface area contributed by atoms with Crippen molar-refractivity contribution < 1.29 is 0 Å². The molecule has 0 radical (unpaired) electrons. The second-order valence-corrected chi connectivity index (χ2v) is 7.02. The molecule has 0 unspecified atom stereocenters. The summed E-state index contributed by atoms with van der Waals surface area (Å²) in [6.45, 7) is 7.06. The lowest BCUT2D eigenvalue weighted by Crippen LogP contribution is -2.43. The molecule has 0 aliphatic carbocycles. The van der Waals surface area contributed by atoms with Crippen molar-refractivity contribution >= 4 is 34.5 Å². The number of rotatable bonds is 8.